The zero-order valence-corrected chi connectivity index (χ0v) is 9.97. The first-order valence-corrected chi connectivity index (χ1v) is 6.91. The van der Waals surface area contributed by atoms with Crippen LogP contribution in [0.15, 0.2) is 30.3 Å². The Morgan fingerprint density at radius 1 is 1.07 bits per heavy atom. The minimum atomic E-state index is -0.152. The largest absolute Gasteiger partial charge is 0.359 e. The molecule has 0 spiro atoms. The van der Waals surface area contributed by atoms with E-state index in [1.165, 1.54) is 17.9 Å². The van der Waals surface area contributed by atoms with Crippen molar-refractivity contribution in [3.8, 4) is 0 Å². The van der Waals surface area contributed by atoms with Crippen molar-refractivity contribution in [2.45, 2.75) is 20.3 Å². The van der Waals surface area contributed by atoms with Crippen molar-refractivity contribution in [1.29, 1.82) is 0 Å². The smallest absolute Gasteiger partial charge is 0.0549 e. The normalized spacial score (nSPS) is 10.8. The van der Waals surface area contributed by atoms with E-state index in [0.29, 0.717) is 0 Å². The fourth-order valence-corrected chi connectivity index (χ4v) is 2.51. The second kappa shape index (κ2) is 6.98. The molecule has 0 aliphatic carbocycles. The molecule has 0 unspecified atom stereocenters. The molecule has 2 heteroatoms. The average Bonchev–Trinajstić information content (AvgIpc) is 2.26. The Hall–Kier alpha value is -0.390. The van der Waals surface area contributed by atoms with Crippen molar-refractivity contribution in [2.75, 3.05) is 18.9 Å². The second-order valence-electron chi connectivity index (χ2n) is 3.18. The zero-order chi connectivity index (χ0) is 10.2. The summed E-state index contributed by atoms with van der Waals surface area (Å²) in [4.78, 5) is 0. The number of hydrogen-bond donors (Lipinski definition) is 0. The molecular formula is C12H19OP. The third-order valence-corrected chi connectivity index (χ3v) is 4.17. The molecular weight excluding hydrogens is 191 g/mol. The monoisotopic (exact) mass is 210 g/mol. The quantitative estimate of drug-likeness (QED) is 0.651. The summed E-state index contributed by atoms with van der Waals surface area (Å²) in [7, 11) is -0.152. The van der Waals surface area contributed by atoms with Crippen molar-refractivity contribution in [3.05, 3.63) is 35.9 Å². The van der Waals surface area contributed by atoms with E-state index in [1.54, 1.807) is 0 Å². The standard InChI is InChI=1S/C12H19OP/c1-3-14(4-2)13-11-10-12-8-6-5-7-9-12/h5-9H,3-4,10-11H2,1-2H3. The molecule has 0 aliphatic rings. The fraction of sp³-hybridized carbons (Fsp3) is 0.500. The van der Waals surface area contributed by atoms with Crippen LogP contribution in [0, 0.1) is 0 Å². The molecule has 1 aromatic carbocycles. The summed E-state index contributed by atoms with van der Waals surface area (Å²) in [6.45, 7) is 5.28. The minimum Gasteiger partial charge on any atom is -0.359 e. The van der Waals surface area contributed by atoms with Crippen LogP contribution in [0.2, 0.25) is 0 Å². The molecule has 1 nitrogen and oxygen atoms in total. The van der Waals surface area contributed by atoms with Crippen LogP contribution in [0.1, 0.15) is 19.4 Å². The molecule has 0 atom stereocenters. The van der Waals surface area contributed by atoms with E-state index in [9.17, 15) is 0 Å². The lowest BCUT2D eigenvalue weighted by molar-refractivity contribution is 0.357. The van der Waals surface area contributed by atoms with Crippen molar-refractivity contribution in [2.24, 2.45) is 0 Å². The van der Waals surface area contributed by atoms with Gasteiger partial charge in [-0.15, -0.1) is 0 Å². The van der Waals surface area contributed by atoms with Gasteiger partial charge < -0.3 is 4.52 Å². The molecule has 14 heavy (non-hydrogen) atoms. The van der Waals surface area contributed by atoms with Gasteiger partial charge in [-0.25, -0.2) is 0 Å². The van der Waals surface area contributed by atoms with Crippen LogP contribution in [-0.2, 0) is 10.9 Å². The van der Waals surface area contributed by atoms with Crippen LogP contribution >= 0.6 is 8.15 Å². The molecule has 0 N–H and O–H groups in total. The van der Waals surface area contributed by atoms with Crippen molar-refractivity contribution >= 4 is 8.15 Å². The van der Waals surface area contributed by atoms with Gasteiger partial charge in [0.2, 0.25) is 0 Å². The van der Waals surface area contributed by atoms with Gasteiger partial charge in [0, 0.05) is 8.15 Å². The molecule has 1 aromatic rings. The van der Waals surface area contributed by atoms with Gasteiger partial charge in [-0.2, -0.15) is 0 Å². The highest BCUT2D eigenvalue weighted by Crippen LogP contribution is 2.35. The maximum Gasteiger partial charge on any atom is 0.0549 e. The first-order chi connectivity index (χ1) is 6.86. The molecule has 1 rings (SSSR count). The van der Waals surface area contributed by atoms with E-state index in [2.05, 4.69) is 44.2 Å². The van der Waals surface area contributed by atoms with Gasteiger partial charge in [-0.1, -0.05) is 44.2 Å². The number of rotatable bonds is 6. The van der Waals surface area contributed by atoms with Crippen molar-refractivity contribution in [3.63, 3.8) is 0 Å². The van der Waals surface area contributed by atoms with Crippen LogP contribution in [-0.4, -0.2) is 18.9 Å². The lowest BCUT2D eigenvalue weighted by Crippen LogP contribution is -1.97. The number of hydrogen-bond acceptors (Lipinski definition) is 1. The summed E-state index contributed by atoms with van der Waals surface area (Å²) in [5, 5.41) is 0. The van der Waals surface area contributed by atoms with Gasteiger partial charge in [-0.3, -0.25) is 0 Å². The highest BCUT2D eigenvalue weighted by Gasteiger charge is 2.02. The van der Waals surface area contributed by atoms with E-state index in [0.717, 1.165) is 13.0 Å². The summed E-state index contributed by atoms with van der Waals surface area (Å²) < 4.78 is 5.81. The van der Waals surface area contributed by atoms with Gasteiger partial charge in [-0.05, 0) is 24.3 Å². The summed E-state index contributed by atoms with van der Waals surface area (Å²) in [6, 6.07) is 10.5. The third kappa shape index (κ3) is 4.21. The molecule has 0 aliphatic heterocycles. The molecule has 78 valence electrons. The zero-order valence-electron chi connectivity index (χ0n) is 9.07. The molecule has 0 saturated carbocycles. The summed E-state index contributed by atoms with van der Waals surface area (Å²) in [5.41, 5.74) is 1.37. The molecule has 0 heterocycles. The van der Waals surface area contributed by atoms with Crippen molar-refractivity contribution in [1.82, 2.24) is 0 Å². The lowest BCUT2D eigenvalue weighted by Gasteiger charge is -2.13. The maximum absolute atomic E-state index is 5.81. The Morgan fingerprint density at radius 3 is 2.29 bits per heavy atom. The first kappa shape index (κ1) is 11.7. The van der Waals surface area contributed by atoms with Gasteiger partial charge in [0.05, 0.1) is 6.61 Å². The topological polar surface area (TPSA) is 9.23 Å². The van der Waals surface area contributed by atoms with Crippen LogP contribution in [0.25, 0.3) is 0 Å². The molecule has 0 bridgehead atoms. The summed E-state index contributed by atoms with van der Waals surface area (Å²) in [6.07, 6.45) is 3.40. The lowest BCUT2D eigenvalue weighted by atomic mass is 10.2. The van der Waals surface area contributed by atoms with E-state index in [-0.39, 0.29) is 8.15 Å². The molecule has 0 aromatic heterocycles. The second-order valence-corrected chi connectivity index (χ2v) is 5.67. The van der Waals surface area contributed by atoms with Gasteiger partial charge >= 0.3 is 0 Å². The molecule has 0 fully saturated rings. The van der Waals surface area contributed by atoms with E-state index in [1.807, 2.05) is 0 Å². The van der Waals surface area contributed by atoms with Crippen LogP contribution < -0.4 is 0 Å². The van der Waals surface area contributed by atoms with Gasteiger partial charge in [0.1, 0.15) is 0 Å². The Morgan fingerprint density at radius 2 is 1.71 bits per heavy atom. The highest BCUT2D eigenvalue weighted by atomic mass is 31.1. The number of benzene rings is 1. The third-order valence-electron chi connectivity index (χ3n) is 2.21. The van der Waals surface area contributed by atoms with E-state index in [4.69, 9.17) is 4.52 Å². The highest BCUT2D eigenvalue weighted by molar-refractivity contribution is 7.52. The fourth-order valence-electron chi connectivity index (χ4n) is 1.34. The average molecular weight is 210 g/mol. The SMILES string of the molecule is CCP(CC)OCCc1ccccc1. The Labute approximate surface area is 88.3 Å². The van der Waals surface area contributed by atoms with E-state index >= 15 is 0 Å². The Balaban J connectivity index is 2.21. The Bertz CT molecular complexity index is 231. The Kier molecular flexibility index (Phi) is 5.82. The molecule has 0 amide bonds. The van der Waals surface area contributed by atoms with E-state index < -0.39 is 0 Å². The molecule has 0 radical (unpaired) electrons. The minimum absolute atomic E-state index is 0.152. The molecule has 0 saturated heterocycles. The van der Waals surface area contributed by atoms with Crippen LogP contribution in [0.5, 0.6) is 0 Å². The predicted molar refractivity (Wildman–Crippen MR) is 64.1 cm³/mol. The first-order valence-electron chi connectivity index (χ1n) is 5.28. The van der Waals surface area contributed by atoms with Gasteiger partial charge in [0.25, 0.3) is 0 Å². The summed E-state index contributed by atoms with van der Waals surface area (Å²) in [5.74, 6) is 0. The maximum atomic E-state index is 5.81. The van der Waals surface area contributed by atoms with Crippen LogP contribution in [0.4, 0.5) is 0 Å². The van der Waals surface area contributed by atoms with Gasteiger partial charge in [0.15, 0.2) is 0 Å². The predicted octanol–water partition coefficient (Wildman–Crippen LogP) is 3.68. The summed E-state index contributed by atoms with van der Waals surface area (Å²) >= 11 is 0. The van der Waals surface area contributed by atoms with Crippen LogP contribution in [0.3, 0.4) is 0 Å². The van der Waals surface area contributed by atoms with Crippen molar-refractivity contribution < 1.29 is 4.52 Å².